The molecule has 20 heavy (non-hydrogen) atoms. The lowest BCUT2D eigenvalue weighted by Crippen LogP contribution is -2.47. The van der Waals surface area contributed by atoms with Crippen LogP contribution in [0.4, 0.5) is 6.01 Å². The maximum Gasteiger partial charge on any atom is 0.298 e. The van der Waals surface area contributed by atoms with E-state index in [0.717, 1.165) is 30.5 Å². The van der Waals surface area contributed by atoms with Gasteiger partial charge in [-0.25, -0.2) is 13.1 Å². The van der Waals surface area contributed by atoms with E-state index in [1.54, 1.807) is 0 Å². The van der Waals surface area contributed by atoms with E-state index in [2.05, 4.69) is 9.71 Å². The van der Waals surface area contributed by atoms with E-state index in [1.807, 2.05) is 29.2 Å². The van der Waals surface area contributed by atoms with E-state index >= 15 is 0 Å². The van der Waals surface area contributed by atoms with E-state index in [9.17, 15) is 8.42 Å². The lowest BCUT2D eigenvalue weighted by atomic mass is 10.1. The van der Waals surface area contributed by atoms with Crippen molar-refractivity contribution in [1.82, 2.24) is 9.71 Å². The summed E-state index contributed by atoms with van der Waals surface area (Å²) in [6.45, 7) is 1.41. The average molecular weight is 295 g/mol. The van der Waals surface area contributed by atoms with E-state index in [4.69, 9.17) is 4.42 Å². The Morgan fingerprint density at radius 1 is 1.40 bits per heavy atom. The SMILES string of the molecule is CS(=O)(=O)N[C@H]1CCCN(c2nc3ccccc3o2)C1. The van der Waals surface area contributed by atoms with Gasteiger partial charge in [0.1, 0.15) is 5.52 Å². The zero-order chi connectivity index (χ0) is 14.2. The maximum atomic E-state index is 11.3. The van der Waals surface area contributed by atoms with Crippen molar-refractivity contribution >= 4 is 27.1 Å². The summed E-state index contributed by atoms with van der Waals surface area (Å²) in [5.41, 5.74) is 1.57. The van der Waals surface area contributed by atoms with Gasteiger partial charge in [0.2, 0.25) is 10.0 Å². The van der Waals surface area contributed by atoms with Crippen molar-refractivity contribution in [1.29, 1.82) is 0 Å². The van der Waals surface area contributed by atoms with Gasteiger partial charge in [-0.2, -0.15) is 4.98 Å². The molecule has 1 fully saturated rings. The van der Waals surface area contributed by atoms with Gasteiger partial charge in [-0.05, 0) is 25.0 Å². The number of benzene rings is 1. The quantitative estimate of drug-likeness (QED) is 0.925. The van der Waals surface area contributed by atoms with Crippen molar-refractivity contribution in [2.75, 3.05) is 24.2 Å². The number of fused-ring (bicyclic) bond motifs is 1. The first-order valence-electron chi connectivity index (χ1n) is 6.59. The number of nitrogens with zero attached hydrogens (tertiary/aromatic N) is 2. The van der Waals surface area contributed by atoms with Crippen molar-refractivity contribution < 1.29 is 12.8 Å². The highest BCUT2D eigenvalue weighted by Gasteiger charge is 2.25. The molecule has 0 saturated carbocycles. The molecule has 0 unspecified atom stereocenters. The third kappa shape index (κ3) is 2.94. The largest absolute Gasteiger partial charge is 0.423 e. The number of sulfonamides is 1. The van der Waals surface area contributed by atoms with Crippen molar-refractivity contribution in [3.63, 3.8) is 0 Å². The second-order valence-electron chi connectivity index (χ2n) is 5.14. The molecule has 0 spiro atoms. The molecule has 2 heterocycles. The summed E-state index contributed by atoms with van der Waals surface area (Å²) in [4.78, 5) is 6.44. The Balaban J connectivity index is 1.79. The number of oxazole rings is 1. The first kappa shape index (κ1) is 13.4. The minimum atomic E-state index is -3.18. The van der Waals surface area contributed by atoms with Crippen LogP contribution in [0, 0.1) is 0 Å². The highest BCUT2D eigenvalue weighted by Crippen LogP contribution is 2.24. The summed E-state index contributed by atoms with van der Waals surface area (Å²) >= 11 is 0. The molecular formula is C13H17N3O3S. The van der Waals surface area contributed by atoms with Gasteiger partial charge in [0, 0.05) is 19.1 Å². The zero-order valence-corrected chi connectivity index (χ0v) is 12.1. The van der Waals surface area contributed by atoms with Crippen LogP contribution in [-0.4, -0.2) is 38.8 Å². The molecule has 0 bridgehead atoms. The van der Waals surface area contributed by atoms with E-state index < -0.39 is 10.0 Å². The van der Waals surface area contributed by atoms with Crippen LogP contribution in [0.3, 0.4) is 0 Å². The minimum Gasteiger partial charge on any atom is -0.423 e. The predicted octanol–water partition coefficient (Wildman–Crippen LogP) is 1.35. The fourth-order valence-corrected chi connectivity index (χ4v) is 3.34. The van der Waals surface area contributed by atoms with E-state index in [-0.39, 0.29) is 6.04 Å². The van der Waals surface area contributed by atoms with Gasteiger partial charge < -0.3 is 9.32 Å². The summed E-state index contributed by atoms with van der Waals surface area (Å²) in [5, 5.41) is 0. The van der Waals surface area contributed by atoms with Crippen LogP contribution >= 0.6 is 0 Å². The lowest BCUT2D eigenvalue weighted by Gasteiger charge is -2.31. The minimum absolute atomic E-state index is 0.0891. The standard InChI is InChI=1S/C13H17N3O3S/c1-20(17,18)15-10-5-4-8-16(9-10)13-14-11-6-2-3-7-12(11)19-13/h2-3,6-7,10,15H,4-5,8-9H2,1H3/t10-/m0/s1. The molecule has 0 radical (unpaired) electrons. The zero-order valence-electron chi connectivity index (χ0n) is 11.2. The molecule has 0 amide bonds. The number of anilines is 1. The number of nitrogens with one attached hydrogen (secondary N) is 1. The van der Waals surface area contributed by atoms with Gasteiger partial charge in [-0.3, -0.25) is 0 Å². The number of para-hydroxylation sites is 2. The van der Waals surface area contributed by atoms with E-state index in [0.29, 0.717) is 12.6 Å². The number of aromatic nitrogens is 1. The lowest BCUT2D eigenvalue weighted by molar-refractivity contribution is 0.441. The molecule has 108 valence electrons. The molecule has 1 saturated heterocycles. The van der Waals surface area contributed by atoms with Gasteiger partial charge in [-0.15, -0.1) is 0 Å². The summed E-state index contributed by atoms with van der Waals surface area (Å²) in [7, 11) is -3.18. The Hall–Kier alpha value is -1.60. The monoisotopic (exact) mass is 295 g/mol. The average Bonchev–Trinajstić information content (AvgIpc) is 2.80. The Kier molecular flexibility index (Phi) is 3.39. The third-order valence-electron chi connectivity index (χ3n) is 3.36. The summed E-state index contributed by atoms with van der Waals surface area (Å²) in [6, 6.07) is 8.07. The van der Waals surface area contributed by atoms with Crippen molar-refractivity contribution in [2.24, 2.45) is 0 Å². The van der Waals surface area contributed by atoms with Crippen molar-refractivity contribution in [2.45, 2.75) is 18.9 Å². The van der Waals surface area contributed by atoms with Crippen LogP contribution in [0.15, 0.2) is 28.7 Å². The summed E-state index contributed by atoms with van der Waals surface area (Å²) in [5.74, 6) is 0. The first-order valence-corrected chi connectivity index (χ1v) is 8.48. The van der Waals surface area contributed by atoms with Gasteiger partial charge in [0.05, 0.1) is 6.26 Å². The third-order valence-corrected chi connectivity index (χ3v) is 4.12. The Labute approximate surface area is 117 Å². The highest BCUT2D eigenvalue weighted by molar-refractivity contribution is 7.88. The molecule has 3 rings (SSSR count). The molecule has 0 aliphatic carbocycles. The molecule has 2 aromatic rings. The molecule has 1 aromatic heterocycles. The van der Waals surface area contributed by atoms with Gasteiger partial charge in [0.25, 0.3) is 6.01 Å². The van der Waals surface area contributed by atoms with Gasteiger partial charge in [0.15, 0.2) is 5.58 Å². The summed E-state index contributed by atoms with van der Waals surface area (Å²) in [6.07, 6.45) is 2.93. The number of hydrogen-bond acceptors (Lipinski definition) is 5. The van der Waals surface area contributed by atoms with Crippen LogP contribution < -0.4 is 9.62 Å². The number of piperidine rings is 1. The Bertz CT molecular complexity index is 677. The molecular weight excluding hydrogens is 278 g/mol. The fraction of sp³-hybridized carbons (Fsp3) is 0.462. The maximum absolute atomic E-state index is 11.3. The molecule has 1 aliphatic rings. The van der Waals surface area contributed by atoms with Crippen molar-refractivity contribution in [3.05, 3.63) is 24.3 Å². The van der Waals surface area contributed by atoms with Crippen molar-refractivity contribution in [3.8, 4) is 0 Å². The Morgan fingerprint density at radius 2 is 2.20 bits per heavy atom. The second kappa shape index (κ2) is 5.06. The summed E-state index contributed by atoms with van der Waals surface area (Å²) < 4.78 is 31.0. The fourth-order valence-electron chi connectivity index (χ4n) is 2.55. The number of rotatable bonds is 3. The molecule has 7 heteroatoms. The topological polar surface area (TPSA) is 75.4 Å². The smallest absolute Gasteiger partial charge is 0.298 e. The van der Waals surface area contributed by atoms with Gasteiger partial charge >= 0.3 is 0 Å². The first-order chi connectivity index (χ1) is 9.51. The molecule has 1 aromatic carbocycles. The molecule has 1 aliphatic heterocycles. The van der Waals surface area contributed by atoms with Crippen LogP contribution in [0.1, 0.15) is 12.8 Å². The highest BCUT2D eigenvalue weighted by atomic mass is 32.2. The van der Waals surface area contributed by atoms with Crippen LogP contribution in [0.5, 0.6) is 0 Å². The normalized spacial score (nSPS) is 20.4. The van der Waals surface area contributed by atoms with Crippen LogP contribution in [0.2, 0.25) is 0 Å². The molecule has 6 nitrogen and oxygen atoms in total. The second-order valence-corrected chi connectivity index (χ2v) is 6.92. The molecule has 1 N–H and O–H groups in total. The van der Waals surface area contributed by atoms with Gasteiger partial charge in [-0.1, -0.05) is 12.1 Å². The number of hydrogen-bond donors (Lipinski definition) is 1. The van der Waals surface area contributed by atoms with Crippen LogP contribution in [-0.2, 0) is 10.0 Å². The molecule has 1 atom stereocenters. The Morgan fingerprint density at radius 3 is 2.95 bits per heavy atom. The van der Waals surface area contributed by atoms with E-state index in [1.165, 1.54) is 6.26 Å². The van der Waals surface area contributed by atoms with Crippen LogP contribution in [0.25, 0.3) is 11.1 Å². The predicted molar refractivity (Wildman–Crippen MR) is 77.2 cm³/mol.